The molecule has 1 N–H and O–H groups in total. The maximum Gasteiger partial charge on any atom is 0.491 e. The topological polar surface area (TPSA) is 105 Å². The van der Waals surface area contributed by atoms with Crippen LogP contribution in [-0.4, -0.2) is 29.6 Å². The highest BCUT2D eigenvalue weighted by atomic mass is 19.4. The number of hydrogen-bond donors (Lipinski definition) is 1. The van der Waals surface area contributed by atoms with E-state index in [-0.39, 0.29) is 34.0 Å². The molecule has 158 valence electrons. The van der Waals surface area contributed by atoms with Gasteiger partial charge in [0.2, 0.25) is 0 Å². The first-order chi connectivity index (χ1) is 14.7. The number of alkyl halides is 3. The summed E-state index contributed by atoms with van der Waals surface area (Å²) in [6.45, 7) is -0.915. The Morgan fingerprint density at radius 1 is 1.16 bits per heavy atom. The summed E-state index contributed by atoms with van der Waals surface area (Å²) in [6, 6.07) is 11.9. The van der Waals surface area contributed by atoms with E-state index >= 15 is 0 Å². The van der Waals surface area contributed by atoms with E-state index in [1.165, 1.54) is 30.5 Å². The number of aromatic nitrogens is 1. The summed E-state index contributed by atoms with van der Waals surface area (Å²) in [5.41, 5.74) is 0.121. The van der Waals surface area contributed by atoms with E-state index in [9.17, 15) is 32.4 Å². The molecule has 0 amide bonds. The molecule has 0 fully saturated rings. The second kappa shape index (κ2) is 8.66. The van der Waals surface area contributed by atoms with Crippen molar-refractivity contribution in [1.29, 1.82) is 5.26 Å². The number of pyridine rings is 1. The number of benzene rings is 1. The molecule has 0 bridgehead atoms. The van der Waals surface area contributed by atoms with E-state index in [4.69, 9.17) is 4.42 Å². The van der Waals surface area contributed by atoms with Gasteiger partial charge >= 0.3 is 18.1 Å². The van der Waals surface area contributed by atoms with Gasteiger partial charge in [-0.2, -0.15) is 18.4 Å². The summed E-state index contributed by atoms with van der Waals surface area (Å²) in [5.74, 6) is -4.87. The van der Waals surface area contributed by atoms with Crippen LogP contribution < -0.4 is 5.32 Å². The highest BCUT2D eigenvalue weighted by Crippen LogP contribution is 2.33. The largest absolute Gasteiger partial charge is 0.491 e. The minimum Gasteiger partial charge on any atom is -0.463 e. The molecule has 3 aromatic rings. The summed E-state index contributed by atoms with van der Waals surface area (Å²) in [7, 11) is 0. The fourth-order valence-electron chi connectivity index (χ4n) is 2.58. The molecular weight excluding hydrogens is 422 g/mol. The molecular formula is C20H11F4N3O4. The standard InChI is InChI=1S/C20H11F4N3O4/c21-14-5-2-1-4-11(14)12-8-15(16-6-3-7-30-16)27-18(13(12)9-25)26-10-17(28)31-19(29)20(22,23)24/h1-8H,10H2,(H,26,27). The van der Waals surface area contributed by atoms with E-state index < -0.39 is 30.5 Å². The van der Waals surface area contributed by atoms with Crippen LogP contribution in [0.15, 0.2) is 53.1 Å². The van der Waals surface area contributed by atoms with Crippen molar-refractivity contribution < 1.29 is 36.3 Å². The van der Waals surface area contributed by atoms with Crippen molar-refractivity contribution in [3.8, 4) is 28.7 Å². The molecule has 0 atom stereocenters. The molecule has 3 rings (SSSR count). The Morgan fingerprint density at radius 3 is 2.52 bits per heavy atom. The molecule has 7 nitrogen and oxygen atoms in total. The molecule has 0 radical (unpaired) electrons. The average Bonchev–Trinajstić information content (AvgIpc) is 3.26. The van der Waals surface area contributed by atoms with Crippen molar-refractivity contribution in [2.75, 3.05) is 11.9 Å². The highest BCUT2D eigenvalue weighted by Gasteiger charge is 2.42. The Morgan fingerprint density at radius 2 is 1.90 bits per heavy atom. The quantitative estimate of drug-likeness (QED) is 0.367. The minimum atomic E-state index is -5.34. The number of carbonyl (C=O) groups is 2. The second-order valence-corrected chi connectivity index (χ2v) is 5.96. The smallest absolute Gasteiger partial charge is 0.463 e. The molecule has 1 aromatic carbocycles. The lowest BCUT2D eigenvalue weighted by Gasteiger charge is -2.13. The van der Waals surface area contributed by atoms with Gasteiger partial charge in [0.15, 0.2) is 5.76 Å². The van der Waals surface area contributed by atoms with Crippen molar-refractivity contribution in [2.24, 2.45) is 0 Å². The van der Waals surface area contributed by atoms with Gasteiger partial charge in [-0.25, -0.2) is 19.0 Å². The number of hydrogen-bond acceptors (Lipinski definition) is 7. The zero-order valence-corrected chi connectivity index (χ0v) is 15.4. The van der Waals surface area contributed by atoms with Gasteiger partial charge in [0, 0.05) is 11.1 Å². The first-order valence-electron chi connectivity index (χ1n) is 8.50. The van der Waals surface area contributed by atoms with Crippen LogP contribution in [0.3, 0.4) is 0 Å². The van der Waals surface area contributed by atoms with E-state index in [1.807, 2.05) is 6.07 Å². The maximum atomic E-state index is 14.4. The molecule has 0 aliphatic heterocycles. The first-order valence-corrected chi connectivity index (χ1v) is 8.50. The van der Waals surface area contributed by atoms with Gasteiger partial charge < -0.3 is 14.5 Å². The molecule has 0 aliphatic rings. The van der Waals surface area contributed by atoms with Crippen LogP contribution in [0.5, 0.6) is 0 Å². The van der Waals surface area contributed by atoms with Crippen molar-refractivity contribution in [2.45, 2.75) is 6.18 Å². The van der Waals surface area contributed by atoms with Crippen molar-refractivity contribution in [1.82, 2.24) is 4.98 Å². The van der Waals surface area contributed by atoms with Gasteiger partial charge in [-0.15, -0.1) is 0 Å². The lowest BCUT2D eigenvalue weighted by molar-refractivity contribution is -0.201. The van der Waals surface area contributed by atoms with E-state index in [1.54, 1.807) is 18.2 Å². The van der Waals surface area contributed by atoms with Crippen molar-refractivity contribution >= 4 is 17.8 Å². The van der Waals surface area contributed by atoms with Gasteiger partial charge in [0.25, 0.3) is 0 Å². The Balaban J connectivity index is 1.99. The van der Waals surface area contributed by atoms with Crippen LogP contribution in [0, 0.1) is 17.1 Å². The molecule has 0 spiro atoms. The summed E-state index contributed by atoms with van der Waals surface area (Å²) < 4.78 is 60.0. The molecule has 11 heteroatoms. The number of rotatable bonds is 5. The van der Waals surface area contributed by atoms with E-state index in [0.717, 1.165) is 0 Å². The summed E-state index contributed by atoms with van der Waals surface area (Å²) in [4.78, 5) is 26.5. The van der Waals surface area contributed by atoms with Gasteiger partial charge in [-0.3, -0.25) is 0 Å². The van der Waals surface area contributed by atoms with Gasteiger partial charge in [-0.05, 0) is 24.3 Å². The maximum absolute atomic E-state index is 14.4. The first kappa shape index (κ1) is 21.5. The molecule has 0 unspecified atom stereocenters. The third-order valence-corrected chi connectivity index (χ3v) is 3.91. The van der Waals surface area contributed by atoms with Crippen LogP contribution >= 0.6 is 0 Å². The van der Waals surface area contributed by atoms with Crippen molar-refractivity contribution in [3.63, 3.8) is 0 Å². The fraction of sp³-hybridized carbons (Fsp3) is 0.100. The predicted molar refractivity (Wildman–Crippen MR) is 97.7 cm³/mol. The fourth-order valence-corrected chi connectivity index (χ4v) is 2.58. The number of esters is 2. The van der Waals surface area contributed by atoms with E-state index in [0.29, 0.717) is 0 Å². The SMILES string of the molecule is N#Cc1c(-c2ccccc2F)cc(-c2ccco2)nc1NCC(=O)OC(=O)C(F)(F)F. The van der Waals surface area contributed by atoms with Crippen LogP contribution in [0.4, 0.5) is 23.4 Å². The zero-order chi connectivity index (χ0) is 22.6. The summed E-state index contributed by atoms with van der Waals surface area (Å²) in [5, 5.41) is 12.0. The van der Waals surface area contributed by atoms with Crippen molar-refractivity contribution in [3.05, 3.63) is 60.1 Å². The number of carbonyl (C=O) groups excluding carboxylic acids is 2. The molecule has 31 heavy (non-hydrogen) atoms. The molecule has 2 aromatic heterocycles. The highest BCUT2D eigenvalue weighted by molar-refractivity contribution is 5.90. The lowest BCUT2D eigenvalue weighted by atomic mass is 9.99. The molecule has 0 saturated carbocycles. The molecule has 2 heterocycles. The number of nitrogens with one attached hydrogen (secondary N) is 1. The monoisotopic (exact) mass is 433 g/mol. The second-order valence-electron chi connectivity index (χ2n) is 5.96. The molecule has 0 aliphatic carbocycles. The Labute approximate surface area is 171 Å². The third-order valence-electron chi connectivity index (χ3n) is 3.91. The lowest BCUT2D eigenvalue weighted by Crippen LogP contribution is -2.30. The van der Waals surface area contributed by atoms with Gasteiger partial charge in [0.1, 0.15) is 35.5 Å². The number of halogens is 4. The Bertz CT molecular complexity index is 1170. The summed E-state index contributed by atoms with van der Waals surface area (Å²) in [6.07, 6.45) is -3.99. The van der Waals surface area contributed by atoms with Crippen LogP contribution in [0.1, 0.15) is 5.56 Å². The third kappa shape index (κ3) is 4.87. The number of furan rings is 1. The van der Waals surface area contributed by atoms with Crippen LogP contribution in [0.25, 0.3) is 22.6 Å². The number of anilines is 1. The van der Waals surface area contributed by atoms with Gasteiger partial charge in [0.05, 0.1) is 6.26 Å². The normalized spacial score (nSPS) is 10.9. The zero-order valence-electron chi connectivity index (χ0n) is 15.4. The number of ether oxygens (including phenoxy) is 1. The molecule has 0 saturated heterocycles. The van der Waals surface area contributed by atoms with Gasteiger partial charge in [-0.1, -0.05) is 18.2 Å². The average molecular weight is 433 g/mol. The van der Waals surface area contributed by atoms with Crippen LogP contribution in [-0.2, 0) is 14.3 Å². The minimum absolute atomic E-state index is 0.0483. The predicted octanol–water partition coefficient (Wildman–Crippen LogP) is 4.06. The number of nitrogens with zero attached hydrogens (tertiary/aromatic N) is 2. The Kier molecular flexibility index (Phi) is 6.01. The Hall–Kier alpha value is -4.20. The summed E-state index contributed by atoms with van der Waals surface area (Å²) >= 11 is 0. The number of nitriles is 1. The van der Waals surface area contributed by atoms with E-state index in [2.05, 4.69) is 15.0 Å². The van der Waals surface area contributed by atoms with Crippen LogP contribution in [0.2, 0.25) is 0 Å².